The zero-order chi connectivity index (χ0) is 15.5. The van der Waals surface area contributed by atoms with Crippen LogP contribution in [0.15, 0.2) is 48.5 Å². The van der Waals surface area contributed by atoms with Crippen LogP contribution in [-0.2, 0) is 4.74 Å². The van der Waals surface area contributed by atoms with Gasteiger partial charge in [-0.15, -0.1) is 0 Å². The first-order valence-corrected chi connectivity index (χ1v) is 7.39. The van der Waals surface area contributed by atoms with Crippen LogP contribution < -0.4 is 4.90 Å². The van der Waals surface area contributed by atoms with Crippen molar-refractivity contribution in [3.05, 3.63) is 65.5 Å². The number of halogens is 1. The summed E-state index contributed by atoms with van der Waals surface area (Å²) in [5, 5.41) is 9.07. The molecule has 1 fully saturated rings. The number of rotatable bonds is 3. The van der Waals surface area contributed by atoms with E-state index in [0.717, 1.165) is 12.0 Å². The Balaban J connectivity index is 2.00. The standard InChI is InChI=1S/C18H17FN2O/c1-2-15-12-21(17-9-4-3-8-16(17)19)18(22-15)14-7-5-6-13(10-14)11-20/h3-10,15,18H,2,12H2,1H3. The molecule has 22 heavy (non-hydrogen) atoms. The van der Waals surface area contributed by atoms with Gasteiger partial charge in [0.15, 0.2) is 6.23 Å². The topological polar surface area (TPSA) is 36.3 Å². The molecule has 3 rings (SSSR count). The molecular formula is C18H17FN2O. The van der Waals surface area contributed by atoms with E-state index in [9.17, 15) is 4.39 Å². The van der Waals surface area contributed by atoms with Crippen LogP contribution >= 0.6 is 0 Å². The number of nitriles is 1. The molecule has 0 spiro atoms. The molecule has 112 valence electrons. The van der Waals surface area contributed by atoms with E-state index in [2.05, 4.69) is 13.0 Å². The first-order valence-electron chi connectivity index (χ1n) is 7.39. The molecule has 0 aromatic heterocycles. The fourth-order valence-electron chi connectivity index (χ4n) is 2.77. The molecule has 0 saturated carbocycles. The summed E-state index contributed by atoms with van der Waals surface area (Å²) in [6.45, 7) is 2.69. The highest BCUT2D eigenvalue weighted by Crippen LogP contribution is 2.36. The van der Waals surface area contributed by atoms with Crippen molar-refractivity contribution in [1.82, 2.24) is 0 Å². The molecule has 1 heterocycles. The minimum Gasteiger partial charge on any atom is -0.349 e. The maximum atomic E-state index is 14.2. The van der Waals surface area contributed by atoms with E-state index in [1.54, 1.807) is 24.3 Å². The number of hydrogen-bond acceptors (Lipinski definition) is 3. The Morgan fingerprint density at radius 1 is 1.27 bits per heavy atom. The quantitative estimate of drug-likeness (QED) is 0.858. The third-order valence-corrected chi connectivity index (χ3v) is 3.92. The molecule has 2 aromatic rings. The van der Waals surface area contributed by atoms with Gasteiger partial charge in [-0.05, 0) is 30.7 Å². The van der Waals surface area contributed by atoms with E-state index in [4.69, 9.17) is 10.00 Å². The van der Waals surface area contributed by atoms with Crippen molar-refractivity contribution >= 4 is 5.69 Å². The average molecular weight is 296 g/mol. The first kappa shape index (κ1) is 14.6. The average Bonchev–Trinajstić information content (AvgIpc) is 2.99. The van der Waals surface area contributed by atoms with Gasteiger partial charge in [-0.3, -0.25) is 0 Å². The largest absolute Gasteiger partial charge is 0.349 e. The number of hydrogen-bond donors (Lipinski definition) is 0. The Labute approximate surface area is 129 Å². The Kier molecular flexibility index (Phi) is 4.08. The molecule has 0 bridgehead atoms. The van der Waals surface area contributed by atoms with Gasteiger partial charge >= 0.3 is 0 Å². The zero-order valence-electron chi connectivity index (χ0n) is 12.4. The van der Waals surface area contributed by atoms with Gasteiger partial charge in [-0.2, -0.15) is 5.26 Å². The molecule has 3 nitrogen and oxygen atoms in total. The number of para-hydroxylation sites is 1. The second-order valence-corrected chi connectivity index (χ2v) is 5.36. The zero-order valence-corrected chi connectivity index (χ0v) is 12.4. The van der Waals surface area contributed by atoms with E-state index in [-0.39, 0.29) is 18.1 Å². The van der Waals surface area contributed by atoms with Crippen LogP contribution in [0, 0.1) is 17.1 Å². The molecule has 1 saturated heterocycles. The maximum Gasteiger partial charge on any atom is 0.157 e. The Morgan fingerprint density at radius 2 is 2.09 bits per heavy atom. The normalized spacial score (nSPS) is 20.9. The summed E-state index contributed by atoms with van der Waals surface area (Å²) in [4.78, 5) is 1.93. The summed E-state index contributed by atoms with van der Waals surface area (Å²) in [7, 11) is 0. The predicted molar refractivity (Wildman–Crippen MR) is 82.8 cm³/mol. The minimum absolute atomic E-state index is 0.0512. The fraction of sp³-hybridized carbons (Fsp3) is 0.278. The molecule has 0 aliphatic carbocycles. The van der Waals surface area contributed by atoms with E-state index in [1.165, 1.54) is 6.07 Å². The Bertz CT molecular complexity index is 710. The summed E-state index contributed by atoms with van der Waals surface area (Å²) in [5.41, 5.74) is 1.98. The van der Waals surface area contributed by atoms with Crippen molar-refractivity contribution in [2.75, 3.05) is 11.4 Å². The predicted octanol–water partition coefficient (Wildman–Crippen LogP) is 4.01. The van der Waals surface area contributed by atoms with Crippen LogP contribution in [0.3, 0.4) is 0 Å². The van der Waals surface area contributed by atoms with Gasteiger partial charge in [0.2, 0.25) is 0 Å². The molecule has 4 heteroatoms. The molecule has 2 unspecified atom stereocenters. The number of anilines is 1. The minimum atomic E-state index is -0.366. The second-order valence-electron chi connectivity index (χ2n) is 5.36. The van der Waals surface area contributed by atoms with Gasteiger partial charge in [0, 0.05) is 12.1 Å². The van der Waals surface area contributed by atoms with Crippen LogP contribution in [0.4, 0.5) is 10.1 Å². The first-order chi connectivity index (χ1) is 10.7. The van der Waals surface area contributed by atoms with Gasteiger partial charge in [0.25, 0.3) is 0 Å². The van der Waals surface area contributed by atoms with E-state index >= 15 is 0 Å². The third-order valence-electron chi connectivity index (χ3n) is 3.92. The molecule has 1 aliphatic rings. The van der Waals surface area contributed by atoms with Crippen LogP contribution in [0.2, 0.25) is 0 Å². The van der Waals surface area contributed by atoms with Crippen molar-refractivity contribution in [2.24, 2.45) is 0 Å². The third kappa shape index (κ3) is 2.68. The SMILES string of the molecule is CCC1CN(c2ccccc2F)C(c2cccc(C#N)c2)O1. The Hall–Kier alpha value is -2.38. The van der Waals surface area contributed by atoms with Crippen molar-refractivity contribution in [1.29, 1.82) is 5.26 Å². The Morgan fingerprint density at radius 3 is 2.82 bits per heavy atom. The molecule has 0 radical (unpaired) electrons. The van der Waals surface area contributed by atoms with Crippen LogP contribution in [0.1, 0.15) is 30.7 Å². The van der Waals surface area contributed by atoms with E-state index < -0.39 is 0 Å². The molecule has 2 aromatic carbocycles. The summed E-state index contributed by atoms with van der Waals surface area (Å²) in [6, 6.07) is 16.1. The highest BCUT2D eigenvalue weighted by molar-refractivity contribution is 5.51. The molecule has 1 aliphatic heterocycles. The fourth-order valence-corrected chi connectivity index (χ4v) is 2.77. The van der Waals surface area contributed by atoms with Crippen LogP contribution in [0.5, 0.6) is 0 Å². The van der Waals surface area contributed by atoms with Crippen molar-refractivity contribution in [2.45, 2.75) is 25.7 Å². The molecule has 0 amide bonds. The monoisotopic (exact) mass is 296 g/mol. The van der Waals surface area contributed by atoms with Gasteiger partial charge in [0.1, 0.15) is 5.82 Å². The highest BCUT2D eigenvalue weighted by Gasteiger charge is 2.34. The van der Waals surface area contributed by atoms with Crippen molar-refractivity contribution in [3.63, 3.8) is 0 Å². The highest BCUT2D eigenvalue weighted by atomic mass is 19.1. The van der Waals surface area contributed by atoms with Crippen LogP contribution in [-0.4, -0.2) is 12.6 Å². The smallest absolute Gasteiger partial charge is 0.157 e. The van der Waals surface area contributed by atoms with E-state index in [0.29, 0.717) is 17.8 Å². The number of ether oxygens (including phenoxy) is 1. The van der Waals surface area contributed by atoms with E-state index in [1.807, 2.05) is 23.1 Å². The van der Waals surface area contributed by atoms with Crippen LogP contribution in [0.25, 0.3) is 0 Å². The summed E-state index contributed by atoms with van der Waals surface area (Å²) in [5.74, 6) is -0.260. The van der Waals surface area contributed by atoms with Crippen molar-refractivity contribution < 1.29 is 9.13 Å². The lowest BCUT2D eigenvalue weighted by Gasteiger charge is -2.25. The van der Waals surface area contributed by atoms with Gasteiger partial charge in [-0.25, -0.2) is 4.39 Å². The maximum absolute atomic E-state index is 14.2. The lowest BCUT2D eigenvalue weighted by molar-refractivity contribution is 0.0461. The van der Waals surface area contributed by atoms with Gasteiger partial charge < -0.3 is 9.64 Å². The summed E-state index contributed by atoms with van der Waals surface area (Å²) < 4.78 is 20.2. The van der Waals surface area contributed by atoms with Crippen molar-refractivity contribution in [3.8, 4) is 6.07 Å². The molecule has 0 N–H and O–H groups in total. The van der Waals surface area contributed by atoms with Gasteiger partial charge in [0.05, 0.1) is 23.4 Å². The summed E-state index contributed by atoms with van der Waals surface area (Å²) >= 11 is 0. The molecular weight excluding hydrogens is 279 g/mol. The lowest BCUT2D eigenvalue weighted by atomic mass is 10.1. The lowest BCUT2D eigenvalue weighted by Crippen LogP contribution is -2.25. The van der Waals surface area contributed by atoms with Gasteiger partial charge in [-0.1, -0.05) is 31.2 Å². The second kappa shape index (κ2) is 6.17. The molecule has 2 atom stereocenters. The summed E-state index contributed by atoms with van der Waals surface area (Å²) in [6.07, 6.45) is 0.546. The number of nitrogens with zero attached hydrogens (tertiary/aromatic N) is 2. The number of benzene rings is 2.